The smallest absolute Gasteiger partial charge is 0.150 e. The maximum atomic E-state index is 10.8. The van der Waals surface area contributed by atoms with Crippen molar-refractivity contribution >= 4 is 12.4 Å². The number of carbonyl (C=O) groups excluding carboxylic acids is 1. The fourth-order valence-corrected chi connectivity index (χ4v) is 1.20. The Labute approximate surface area is 89.9 Å². The summed E-state index contributed by atoms with van der Waals surface area (Å²) < 4.78 is 5.09. The molecule has 1 aromatic rings. The third kappa shape index (κ3) is 3.09. The van der Waals surface area contributed by atoms with Crippen LogP contribution in [0.5, 0.6) is 5.75 Å². The lowest BCUT2D eigenvalue weighted by Crippen LogP contribution is -1.89. The van der Waals surface area contributed by atoms with Crippen LogP contribution in [0.2, 0.25) is 0 Å². The molecule has 0 saturated heterocycles. The first-order valence-corrected chi connectivity index (χ1v) is 4.74. The number of methoxy groups -OCH3 is 1. The Morgan fingerprint density at radius 2 is 2.00 bits per heavy atom. The zero-order valence-electron chi connectivity index (χ0n) is 8.94. The van der Waals surface area contributed by atoms with Crippen molar-refractivity contribution in [1.82, 2.24) is 0 Å². The Balaban J connectivity index is 3.06. The first-order valence-electron chi connectivity index (χ1n) is 4.74. The predicted molar refractivity (Wildman–Crippen MR) is 62.2 cm³/mol. The summed E-state index contributed by atoms with van der Waals surface area (Å²) in [4.78, 5) is 10.8. The summed E-state index contributed by atoms with van der Waals surface area (Å²) in [6, 6.07) is 5.36. The standard InChI is InChI=1S/C13H14O2/c1-3-4-5-6-11-9-13(15-2)8-7-12(11)10-14/h3-10H,1-2H3. The maximum Gasteiger partial charge on any atom is 0.150 e. The summed E-state index contributed by atoms with van der Waals surface area (Å²) in [6.07, 6.45) is 8.45. The van der Waals surface area contributed by atoms with Gasteiger partial charge in [-0.25, -0.2) is 0 Å². The molecule has 0 amide bonds. The second-order valence-electron chi connectivity index (χ2n) is 3.00. The number of carbonyl (C=O) groups is 1. The van der Waals surface area contributed by atoms with Gasteiger partial charge in [-0.3, -0.25) is 4.79 Å². The Hall–Kier alpha value is -1.83. The van der Waals surface area contributed by atoms with Crippen LogP contribution in [-0.4, -0.2) is 13.4 Å². The third-order valence-electron chi connectivity index (χ3n) is 2.00. The molecule has 78 valence electrons. The molecular weight excluding hydrogens is 188 g/mol. The van der Waals surface area contributed by atoms with Crippen molar-refractivity contribution in [3.05, 3.63) is 47.6 Å². The third-order valence-corrected chi connectivity index (χ3v) is 2.00. The molecule has 0 unspecified atom stereocenters. The van der Waals surface area contributed by atoms with Gasteiger partial charge in [0.1, 0.15) is 5.75 Å². The van der Waals surface area contributed by atoms with Crippen LogP contribution in [0.3, 0.4) is 0 Å². The Bertz CT molecular complexity index is 390. The quantitative estimate of drug-likeness (QED) is 0.554. The molecule has 0 aliphatic carbocycles. The molecule has 2 heteroatoms. The van der Waals surface area contributed by atoms with Crippen molar-refractivity contribution in [3.63, 3.8) is 0 Å². The van der Waals surface area contributed by atoms with Crippen molar-refractivity contribution in [2.45, 2.75) is 6.92 Å². The highest BCUT2D eigenvalue weighted by Gasteiger charge is 1.99. The molecule has 0 atom stereocenters. The molecule has 0 saturated carbocycles. The normalized spacial score (nSPS) is 11.1. The van der Waals surface area contributed by atoms with Crippen LogP contribution in [-0.2, 0) is 0 Å². The van der Waals surface area contributed by atoms with Gasteiger partial charge in [0.2, 0.25) is 0 Å². The van der Waals surface area contributed by atoms with Crippen LogP contribution in [0.15, 0.2) is 36.4 Å². The van der Waals surface area contributed by atoms with Crippen molar-refractivity contribution in [3.8, 4) is 5.75 Å². The number of rotatable bonds is 4. The minimum absolute atomic E-state index is 0.663. The van der Waals surface area contributed by atoms with Gasteiger partial charge in [-0.05, 0) is 30.7 Å². The van der Waals surface area contributed by atoms with Crippen molar-refractivity contribution < 1.29 is 9.53 Å². The second kappa shape index (κ2) is 5.81. The van der Waals surface area contributed by atoms with E-state index in [1.54, 1.807) is 19.2 Å². The van der Waals surface area contributed by atoms with Crippen LogP contribution in [0.1, 0.15) is 22.8 Å². The van der Waals surface area contributed by atoms with Crippen LogP contribution < -0.4 is 4.74 Å². The Kier molecular flexibility index (Phi) is 4.35. The van der Waals surface area contributed by atoms with Crippen LogP contribution in [0.4, 0.5) is 0 Å². The molecule has 0 heterocycles. The maximum absolute atomic E-state index is 10.8. The van der Waals surface area contributed by atoms with E-state index in [2.05, 4.69) is 0 Å². The van der Waals surface area contributed by atoms with Gasteiger partial charge in [-0.2, -0.15) is 0 Å². The van der Waals surface area contributed by atoms with E-state index in [1.165, 1.54) is 0 Å². The summed E-state index contributed by atoms with van der Waals surface area (Å²) >= 11 is 0. The van der Waals surface area contributed by atoms with Gasteiger partial charge in [0.25, 0.3) is 0 Å². The SMILES string of the molecule is CC=CC=Cc1cc(OC)ccc1C=O. The van der Waals surface area contributed by atoms with E-state index in [0.717, 1.165) is 17.6 Å². The van der Waals surface area contributed by atoms with Gasteiger partial charge in [0.05, 0.1) is 7.11 Å². The highest BCUT2D eigenvalue weighted by atomic mass is 16.5. The molecule has 0 aliphatic rings. The summed E-state index contributed by atoms with van der Waals surface area (Å²) in [5, 5.41) is 0. The fraction of sp³-hybridized carbons (Fsp3) is 0.154. The Morgan fingerprint density at radius 1 is 1.20 bits per heavy atom. The van der Waals surface area contributed by atoms with Gasteiger partial charge in [-0.15, -0.1) is 0 Å². The largest absolute Gasteiger partial charge is 0.497 e. The van der Waals surface area contributed by atoms with E-state index >= 15 is 0 Å². The van der Waals surface area contributed by atoms with Gasteiger partial charge in [0.15, 0.2) is 6.29 Å². The first kappa shape index (κ1) is 11.2. The summed E-state index contributed by atoms with van der Waals surface area (Å²) in [7, 11) is 1.61. The van der Waals surface area contributed by atoms with E-state index in [9.17, 15) is 4.79 Å². The number of aldehydes is 1. The predicted octanol–water partition coefficient (Wildman–Crippen LogP) is 3.10. The second-order valence-corrected chi connectivity index (χ2v) is 3.00. The van der Waals surface area contributed by atoms with E-state index < -0.39 is 0 Å². The highest BCUT2D eigenvalue weighted by Crippen LogP contribution is 2.17. The summed E-state index contributed by atoms with van der Waals surface area (Å²) in [5.41, 5.74) is 1.53. The number of allylic oxidation sites excluding steroid dienone is 3. The van der Waals surface area contributed by atoms with E-state index in [0.29, 0.717) is 5.56 Å². The Morgan fingerprint density at radius 3 is 2.60 bits per heavy atom. The summed E-state index contributed by atoms with van der Waals surface area (Å²) in [6.45, 7) is 1.94. The monoisotopic (exact) mass is 202 g/mol. The lowest BCUT2D eigenvalue weighted by Gasteiger charge is -2.03. The zero-order valence-corrected chi connectivity index (χ0v) is 8.94. The van der Waals surface area contributed by atoms with E-state index in [-0.39, 0.29) is 0 Å². The molecule has 0 fully saturated rings. The van der Waals surface area contributed by atoms with Crippen molar-refractivity contribution in [2.75, 3.05) is 7.11 Å². The minimum Gasteiger partial charge on any atom is -0.497 e. The molecule has 0 bridgehead atoms. The van der Waals surface area contributed by atoms with Gasteiger partial charge in [0, 0.05) is 5.56 Å². The van der Waals surface area contributed by atoms with Gasteiger partial charge < -0.3 is 4.74 Å². The number of ether oxygens (including phenoxy) is 1. The molecular formula is C13H14O2. The van der Waals surface area contributed by atoms with Gasteiger partial charge >= 0.3 is 0 Å². The molecule has 0 N–H and O–H groups in total. The minimum atomic E-state index is 0.663. The van der Waals surface area contributed by atoms with Crippen molar-refractivity contribution in [2.24, 2.45) is 0 Å². The molecule has 0 aliphatic heterocycles. The first-order chi connectivity index (χ1) is 7.31. The molecule has 2 nitrogen and oxygen atoms in total. The lowest BCUT2D eigenvalue weighted by molar-refractivity contribution is 0.112. The van der Waals surface area contributed by atoms with Crippen LogP contribution >= 0.6 is 0 Å². The zero-order chi connectivity index (χ0) is 11.1. The summed E-state index contributed by atoms with van der Waals surface area (Å²) in [5.74, 6) is 0.751. The molecule has 1 rings (SSSR count). The number of benzene rings is 1. The topological polar surface area (TPSA) is 26.3 Å². The molecule has 0 spiro atoms. The lowest BCUT2D eigenvalue weighted by atomic mass is 10.1. The van der Waals surface area contributed by atoms with Crippen LogP contribution in [0, 0.1) is 0 Å². The van der Waals surface area contributed by atoms with E-state index in [4.69, 9.17) is 4.74 Å². The fourth-order valence-electron chi connectivity index (χ4n) is 1.20. The molecule has 1 aromatic carbocycles. The van der Waals surface area contributed by atoms with Crippen LogP contribution in [0.25, 0.3) is 6.08 Å². The molecule has 0 radical (unpaired) electrons. The van der Waals surface area contributed by atoms with Crippen molar-refractivity contribution in [1.29, 1.82) is 0 Å². The number of hydrogen-bond acceptors (Lipinski definition) is 2. The highest BCUT2D eigenvalue weighted by molar-refractivity contribution is 5.82. The molecule has 15 heavy (non-hydrogen) atoms. The average molecular weight is 202 g/mol. The average Bonchev–Trinajstić information content (AvgIpc) is 2.29. The molecule has 0 aromatic heterocycles. The van der Waals surface area contributed by atoms with Gasteiger partial charge in [-0.1, -0.05) is 24.3 Å². The number of hydrogen-bond donors (Lipinski definition) is 0. The van der Waals surface area contributed by atoms with E-state index in [1.807, 2.05) is 37.3 Å².